The normalized spacial score (nSPS) is 11.2. The first-order valence-electron chi connectivity index (χ1n) is 9.13. The van der Waals surface area contributed by atoms with Gasteiger partial charge in [-0.25, -0.2) is 0 Å². The van der Waals surface area contributed by atoms with Gasteiger partial charge in [0.05, 0.1) is 13.2 Å². The SMILES string of the molecule is CCNC(=NCCCOc1ccccc1)NCCCN(C)CCOC.I. The Morgan fingerprint density at radius 2 is 1.85 bits per heavy atom. The molecule has 0 atom stereocenters. The molecule has 0 unspecified atom stereocenters. The maximum absolute atomic E-state index is 5.68. The fourth-order valence-corrected chi connectivity index (χ4v) is 2.22. The number of hydrogen-bond donors (Lipinski definition) is 2. The Morgan fingerprint density at radius 3 is 2.54 bits per heavy atom. The molecule has 0 saturated carbocycles. The van der Waals surface area contributed by atoms with Crippen LogP contribution >= 0.6 is 24.0 Å². The maximum Gasteiger partial charge on any atom is 0.191 e. The number of hydrogen-bond acceptors (Lipinski definition) is 4. The molecule has 0 aliphatic rings. The maximum atomic E-state index is 5.68. The lowest BCUT2D eigenvalue weighted by Gasteiger charge is -2.17. The number of halogens is 1. The van der Waals surface area contributed by atoms with Crippen molar-refractivity contribution in [1.82, 2.24) is 15.5 Å². The van der Waals surface area contributed by atoms with Gasteiger partial charge in [0, 0.05) is 39.7 Å². The standard InChI is InChI=1S/C19H34N4O2.HI/c1-4-20-19(21-12-8-14-23(2)15-17-24-3)22-13-9-16-25-18-10-6-5-7-11-18;/h5-7,10-11H,4,8-9,12-17H2,1-3H3,(H2,20,21,22);1H. The van der Waals surface area contributed by atoms with Gasteiger partial charge in [-0.15, -0.1) is 24.0 Å². The van der Waals surface area contributed by atoms with Gasteiger partial charge in [0.2, 0.25) is 0 Å². The molecule has 2 N–H and O–H groups in total. The number of guanidine groups is 1. The van der Waals surface area contributed by atoms with E-state index in [2.05, 4.69) is 34.5 Å². The second-order valence-electron chi connectivity index (χ2n) is 5.85. The number of rotatable bonds is 13. The van der Waals surface area contributed by atoms with Crippen LogP contribution in [-0.4, -0.2) is 71.0 Å². The van der Waals surface area contributed by atoms with E-state index in [1.165, 1.54) is 0 Å². The number of para-hydroxylation sites is 1. The van der Waals surface area contributed by atoms with Gasteiger partial charge >= 0.3 is 0 Å². The molecule has 0 radical (unpaired) electrons. The Morgan fingerprint density at radius 1 is 1.08 bits per heavy atom. The average molecular weight is 478 g/mol. The minimum absolute atomic E-state index is 0. The number of ether oxygens (including phenoxy) is 2. The largest absolute Gasteiger partial charge is 0.494 e. The minimum atomic E-state index is 0. The number of methoxy groups -OCH3 is 1. The van der Waals surface area contributed by atoms with Gasteiger partial charge in [-0.1, -0.05) is 18.2 Å². The van der Waals surface area contributed by atoms with E-state index in [-0.39, 0.29) is 24.0 Å². The predicted octanol–water partition coefficient (Wildman–Crippen LogP) is 2.60. The van der Waals surface area contributed by atoms with Crippen molar-refractivity contribution in [3.63, 3.8) is 0 Å². The van der Waals surface area contributed by atoms with Crippen molar-refractivity contribution in [2.45, 2.75) is 19.8 Å². The second kappa shape index (κ2) is 17.4. The molecule has 0 saturated heterocycles. The van der Waals surface area contributed by atoms with Crippen molar-refractivity contribution < 1.29 is 9.47 Å². The summed E-state index contributed by atoms with van der Waals surface area (Å²) in [5, 5.41) is 6.66. The summed E-state index contributed by atoms with van der Waals surface area (Å²) in [7, 11) is 3.85. The van der Waals surface area contributed by atoms with Crippen LogP contribution in [0.2, 0.25) is 0 Å². The van der Waals surface area contributed by atoms with Gasteiger partial charge in [-0.2, -0.15) is 0 Å². The monoisotopic (exact) mass is 478 g/mol. The number of likely N-dealkylation sites (N-methyl/N-ethyl adjacent to an activating group) is 1. The third-order valence-electron chi connectivity index (χ3n) is 3.61. The first kappa shape index (κ1) is 24.9. The zero-order chi connectivity index (χ0) is 18.2. The molecule has 0 amide bonds. The van der Waals surface area contributed by atoms with Crippen LogP contribution in [0.3, 0.4) is 0 Å². The van der Waals surface area contributed by atoms with Crippen LogP contribution < -0.4 is 15.4 Å². The van der Waals surface area contributed by atoms with Crippen LogP contribution in [-0.2, 0) is 4.74 Å². The molecule has 0 aliphatic heterocycles. The molecule has 1 aromatic carbocycles. The Balaban J connectivity index is 0.00000625. The smallest absolute Gasteiger partial charge is 0.191 e. The second-order valence-corrected chi connectivity index (χ2v) is 5.85. The molecule has 1 aromatic rings. The van der Waals surface area contributed by atoms with E-state index in [9.17, 15) is 0 Å². The highest BCUT2D eigenvalue weighted by atomic mass is 127. The summed E-state index contributed by atoms with van der Waals surface area (Å²) in [4.78, 5) is 6.87. The van der Waals surface area contributed by atoms with E-state index >= 15 is 0 Å². The molecule has 150 valence electrons. The summed E-state index contributed by atoms with van der Waals surface area (Å²) in [6.07, 6.45) is 1.97. The first-order chi connectivity index (χ1) is 12.3. The molecule has 26 heavy (non-hydrogen) atoms. The molecule has 0 fully saturated rings. The third kappa shape index (κ3) is 13.2. The summed E-state index contributed by atoms with van der Waals surface area (Å²) in [5.74, 6) is 1.79. The quantitative estimate of drug-likeness (QED) is 0.198. The molecule has 1 rings (SSSR count). The molecule has 0 aliphatic carbocycles. The number of aliphatic imine (C=N–C) groups is 1. The van der Waals surface area contributed by atoms with E-state index < -0.39 is 0 Å². The van der Waals surface area contributed by atoms with E-state index in [0.29, 0.717) is 6.61 Å². The molecule has 0 aromatic heterocycles. The summed E-state index contributed by atoms with van der Waals surface area (Å²) in [5.41, 5.74) is 0. The zero-order valence-corrected chi connectivity index (χ0v) is 18.7. The van der Waals surface area contributed by atoms with Crippen LogP contribution in [0.1, 0.15) is 19.8 Å². The van der Waals surface area contributed by atoms with Crippen molar-refractivity contribution in [3.8, 4) is 5.75 Å². The van der Waals surface area contributed by atoms with Crippen LogP contribution in [0.25, 0.3) is 0 Å². The molecule has 6 nitrogen and oxygen atoms in total. The van der Waals surface area contributed by atoms with Crippen molar-refractivity contribution in [3.05, 3.63) is 30.3 Å². The van der Waals surface area contributed by atoms with Crippen LogP contribution in [0.4, 0.5) is 0 Å². The van der Waals surface area contributed by atoms with Crippen molar-refractivity contribution in [2.75, 3.05) is 60.1 Å². The topological polar surface area (TPSA) is 58.1 Å². The molecular formula is C19H35IN4O2. The van der Waals surface area contributed by atoms with E-state index in [4.69, 9.17) is 9.47 Å². The highest BCUT2D eigenvalue weighted by molar-refractivity contribution is 14.0. The fourth-order valence-electron chi connectivity index (χ4n) is 2.22. The third-order valence-corrected chi connectivity index (χ3v) is 3.61. The molecule has 0 bridgehead atoms. The summed E-state index contributed by atoms with van der Waals surface area (Å²) >= 11 is 0. The van der Waals surface area contributed by atoms with E-state index in [1.54, 1.807) is 7.11 Å². The highest BCUT2D eigenvalue weighted by Gasteiger charge is 2.00. The van der Waals surface area contributed by atoms with Gasteiger partial charge in [-0.05, 0) is 39.1 Å². The Labute approximate surface area is 175 Å². The summed E-state index contributed by atoms with van der Waals surface area (Å²) in [6, 6.07) is 9.89. The van der Waals surface area contributed by atoms with Crippen LogP contribution in [0, 0.1) is 0 Å². The van der Waals surface area contributed by atoms with Crippen molar-refractivity contribution in [2.24, 2.45) is 4.99 Å². The molecule has 7 heteroatoms. The van der Waals surface area contributed by atoms with E-state index in [0.717, 1.165) is 63.9 Å². The lowest BCUT2D eigenvalue weighted by Crippen LogP contribution is -2.38. The fraction of sp³-hybridized carbons (Fsp3) is 0.632. The molecule has 0 spiro atoms. The van der Waals surface area contributed by atoms with E-state index in [1.807, 2.05) is 30.3 Å². The molecule has 0 heterocycles. The summed E-state index contributed by atoms with van der Waals surface area (Å²) < 4.78 is 10.8. The van der Waals surface area contributed by atoms with Gasteiger partial charge < -0.3 is 25.0 Å². The number of benzene rings is 1. The van der Waals surface area contributed by atoms with Gasteiger partial charge in [0.15, 0.2) is 5.96 Å². The lowest BCUT2D eigenvalue weighted by atomic mass is 10.3. The average Bonchev–Trinajstić information content (AvgIpc) is 2.64. The first-order valence-corrected chi connectivity index (χ1v) is 9.13. The Bertz CT molecular complexity index is 460. The number of nitrogens with one attached hydrogen (secondary N) is 2. The Kier molecular flexibility index (Phi) is 16.7. The molecular weight excluding hydrogens is 443 g/mol. The van der Waals surface area contributed by atoms with Crippen molar-refractivity contribution in [1.29, 1.82) is 0 Å². The number of nitrogens with zero attached hydrogens (tertiary/aromatic N) is 2. The lowest BCUT2D eigenvalue weighted by molar-refractivity contribution is 0.161. The summed E-state index contributed by atoms with van der Waals surface area (Å²) in [6.45, 7) is 8.05. The van der Waals surface area contributed by atoms with Crippen LogP contribution in [0.5, 0.6) is 5.75 Å². The predicted molar refractivity (Wildman–Crippen MR) is 120 cm³/mol. The Hall–Kier alpha value is -1.06. The highest BCUT2D eigenvalue weighted by Crippen LogP contribution is 2.08. The van der Waals surface area contributed by atoms with Gasteiger partial charge in [0.25, 0.3) is 0 Å². The zero-order valence-electron chi connectivity index (χ0n) is 16.4. The van der Waals surface area contributed by atoms with Crippen LogP contribution in [0.15, 0.2) is 35.3 Å². The minimum Gasteiger partial charge on any atom is -0.494 e. The van der Waals surface area contributed by atoms with Crippen molar-refractivity contribution >= 4 is 29.9 Å². The van der Waals surface area contributed by atoms with Gasteiger partial charge in [-0.3, -0.25) is 4.99 Å². The van der Waals surface area contributed by atoms with Gasteiger partial charge in [0.1, 0.15) is 5.75 Å².